The van der Waals surface area contributed by atoms with E-state index in [2.05, 4.69) is 5.32 Å². The van der Waals surface area contributed by atoms with Crippen LogP contribution in [0.4, 0.5) is 5.69 Å². The third-order valence-electron chi connectivity index (χ3n) is 2.90. The van der Waals surface area contributed by atoms with Crippen LogP contribution in [0.1, 0.15) is 24.2 Å². The van der Waals surface area contributed by atoms with Crippen molar-refractivity contribution in [2.75, 3.05) is 11.4 Å². The molecule has 0 saturated heterocycles. The molecule has 0 unspecified atom stereocenters. The topological polar surface area (TPSA) is 66.5 Å². The van der Waals surface area contributed by atoms with Gasteiger partial charge in [0.15, 0.2) is 4.91 Å². The summed E-state index contributed by atoms with van der Waals surface area (Å²) in [6.07, 6.45) is 1.29. The summed E-state index contributed by atoms with van der Waals surface area (Å²) >= 11 is 0. The number of nitrogens with one attached hydrogen (secondary N) is 1. The van der Waals surface area contributed by atoms with Crippen molar-refractivity contribution in [3.63, 3.8) is 0 Å². The Hall–Kier alpha value is -1.82. The average Bonchev–Trinajstić information content (AvgIpc) is 2.36. The Bertz CT molecular complexity index is 648. The van der Waals surface area contributed by atoms with Crippen LogP contribution in [0.3, 0.4) is 0 Å². The standard InChI is InChI=1S/C13H16N2O3S/c1-9(2)14-8-12-13(16)10-6-4-5-7-11(10)15(3)19(12,17)18/h4-9,14H,1-3H3. The fourth-order valence-electron chi connectivity index (χ4n) is 1.85. The molecule has 0 radical (unpaired) electrons. The number of Topliss-reactive ketones (excluding diaryl/α,β-unsaturated/α-hetero) is 1. The predicted octanol–water partition coefficient (Wildman–Crippen LogP) is 1.49. The van der Waals surface area contributed by atoms with Gasteiger partial charge in [0.25, 0.3) is 10.0 Å². The first-order valence-corrected chi connectivity index (χ1v) is 7.38. The molecule has 0 bridgehead atoms. The minimum atomic E-state index is -3.78. The number of hydrogen-bond donors (Lipinski definition) is 1. The maximum Gasteiger partial charge on any atom is 0.269 e. The number of para-hydroxylation sites is 1. The molecule has 0 fully saturated rings. The second-order valence-corrected chi connectivity index (χ2v) is 6.59. The molecule has 5 nitrogen and oxygen atoms in total. The van der Waals surface area contributed by atoms with E-state index < -0.39 is 15.8 Å². The Morgan fingerprint density at radius 2 is 1.89 bits per heavy atom. The summed E-state index contributed by atoms with van der Waals surface area (Å²) in [6.45, 7) is 3.74. The van der Waals surface area contributed by atoms with Gasteiger partial charge in [0.2, 0.25) is 5.78 Å². The first-order valence-electron chi connectivity index (χ1n) is 5.94. The lowest BCUT2D eigenvalue weighted by Crippen LogP contribution is -2.37. The third-order valence-corrected chi connectivity index (χ3v) is 4.67. The molecule has 1 N–H and O–H groups in total. The van der Waals surface area contributed by atoms with Crippen LogP contribution in [0.25, 0.3) is 0 Å². The average molecular weight is 280 g/mol. The zero-order valence-corrected chi connectivity index (χ0v) is 11.9. The predicted molar refractivity (Wildman–Crippen MR) is 74.5 cm³/mol. The number of rotatable bonds is 2. The second-order valence-electron chi connectivity index (χ2n) is 4.65. The molecule has 2 rings (SSSR count). The summed E-state index contributed by atoms with van der Waals surface area (Å²) in [5.41, 5.74) is 0.811. The van der Waals surface area contributed by atoms with Gasteiger partial charge in [0.05, 0.1) is 5.69 Å². The first kappa shape index (κ1) is 13.6. The highest BCUT2D eigenvalue weighted by atomic mass is 32.2. The molecular weight excluding hydrogens is 264 g/mol. The quantitative estimate of drug-likeness (QED) is 0.833. The Kier molecular flexibility index (Phi) is 3.36. The van der Waals surface area contributed by atoms with Crippen LogP contribution in [0.15, 0.2) is 35.4 Å². The molecule has 1 aliphatic rings. The van der Waals surface area contributed by atoms with E-state index in [1.807, 2.05) is 13.8 Å². The second kappa shape index (κ2) is 4.70. The molecule has 0 aliphatic carbocycles. The van der Waals surface area contributed by atoms with Crippen LogP contribution in [0.2, 0.25) is 0 Å². The van der Waals surface area contributed by atoms with Crippen LogP contribution in [0, 0.1) is 0 Å². The number of ketones is 1. The molecule has 0 aromatic heterocycles. The lowest BCUT2D eigenvalue weighted by molar-refractivity contribution is 0.104. The number of hydrogen-bond acceptors (Lipinski definition) is 4. The van der Waals surface area contributed by atoms with Crippen LogP contribution in [-0.2, 0) is 10.0 Å². The highest BCUT2D eigenvalue weighted by Crippen LogP contribution is 2.33. The number of carbonyl (C=O) groups excluding carboxylic acids is 1. The monoisotopic (exact) mass is 280 g/mol. The summed E-state index contributed by atoms with van der Waals surface area (Å²) in [4.78, 5) is 12.1. The van der Waals surface area contributed by atoms with Crippen molar-refractivity contribution in [3.8, 4) is 0 Å². The Morgan fingerprint density at radius 1 is 1.26 bits per heavy atom. The van der Waals surface area contributed by atoms with Crippen molar-refractivity contribution >= 4 is 21.5 Å². The number of fused-ring (bicyclic) bond motifs is 1. The van der Waals surface area contributed by atoms with Gasteiger partial charge in [0, 0.05) is 24.9 Å². The molecule has 1 aliphatic heterocycles. The smallest absolute Gasteiger partial charge is 0.269 e. The number of allylic oxidation sites excluding steroid dienone is 1. The SMILES string of the molecule is CC(C)NC=C1C(=O)c2ccccc2N(C)S1(=O)=O. The number of nitrogens with zero attached hydrogens (tertiary/aromatic N) is 1. The van der Waals surface area contributed by atoms with Crippen molar-refractivity contribution in [1.29, 1.82) is 0 Å². The van der Waals surface area contributed by atoms with Gasteiger partial charge in [-0.2, -0.15) is 0 Å². The molecule has 19 heavy (non-hydrogen) atoms. The van der Waals surface area contributed by atoms with Crippen LogP contribution in [0.5, 0.6) is 0 Å². The van der Waals surface area contributed by atoms with Gasteiger partial charge < -0.3 is 5.32 Å². The summed E-state index contributed by atoms with van der Waals surface area (Å²) in [6, 6.07) is 6.73. The molecule has 1 aromatic carbocycles. The molecule has 1 aromatic rings. The third kappa shape index (κ3) is 2.23. The molecule has 0 saturated carbocycles. The van der Waals surface area contributed by atoms with Gasteiger partial charge in [-0.25, -0.2) is 8.42 Å². The summed E-state index contributed by atoms with van der Waals surface area (Å²) in [5, 5.41) is 2.86. The van der Waals surface area contributed by atoms with Crippen molar-refractivity contribution in [2.24, 2.45) is 0 Å². The highest BCUT2D eigenvalue weighted by molar-refractivity contribution is 7.97. The van der Waals surface area contributed by atoms with Crippen molar-refractivity contribution < 1.29 is 13.2 Å². The van der Waals surface area contributed by atoms with E-state index in [1.54, 1.807) is 24.3 Å². The van der Waals surface area contributed by atoms with Gasteiger partial charge in [0.1, 0.15) is 0 Å². The van der Waals surface area contributed by atoms with Crippen LogP contribution < -0.4 is 9.62 Å². The lowest BCUT2D eigenvalue weighted by Gasteiger charge is -2.27. The van der Waals surface area contributed by atoms with Gasteiger partial charge in [-0.1, -0.05) is 12.1 Å². The summed E-state index contributed by atoms with van der Waals surface area (Å²) in [7, 11) is -2.33. The Balaban J connectivity index is 2.60. The molecule has 0 amide bonds. The first-order chi connectivity index (χ1) is 8.85. The van der Waals surface area contributed by atoms with Gasteiger partial charge >= 0.3 is 0 Å². The van der Waals surface area contributed by atoms with Gasteiger partial charge in [-0.05, 0) is 26.0 Å². The van der Waals surface area contributed by atoms with Gasteiger partial charge in [-0.3, -0.25) is 9.10 Å². The summed E-state index contributed by atoms with van der Waals surface area (Å²) in [5.74, 6) is -0.471. The van der Waals surface area contributed by atoms with Crippen LogP contribution in [-0.4, -0.2) is 27.3 Å². The van der Waals surface area contributed by atoms with Crippen LogP contribution >= 0.6 is 0 Å². The maximum atomic E-state index is 12.3. The fourth-order valence-corrected chi connectivity index (χ4v) is 3.12. The van der Waals surface area contributed by atoms with Crippen molar-refractivity contribution in [2.45, 2.75) is 19.9 Å². The zero-order chi connectivity index (χ0) is 14.2. The van der Waals surface area contributed by atoms with E-state index >= 15 is 0 Å². The number of sulfonamides is 1. The van der Waals surface area contributed by atoms with E-state index in [0.717, 1.165) is 4.31 Å². The van der Waals surface area contributed by atoms with Crippen molar-refractivity contribution in [1.82, 2.24) is 5.32 Å². The Morgan fingerprint density at radius 3 is 2.53 bits per heavy atom. The molecule has 102 valence electrons. The molecule has 1 heterocycles. The minimum absolute atomic E-state index is 0.0537. The normalized spacial score (nSPS) is 19.7. The number of benzene rings is 1. The van der Waals surface area contributed by atoms with Gasteiger partial charge in [-0.15, -0.1) is 0 Å². The lowest BCUT2D eigenvalue weighted by atomic mass is 10.1. The largest absolute Gasteiger partial charge is 0.388 e. The highest BCUT2D eigenvalue weighted by Gasteiger charge is 2.37. The number of anilines is 1. The van der Waals surface area contributed by atoms with Crippen molar-refractivity contribution in [3.05, 3.63) is 40.9 Å². The fraction of sp³-hybridized carbons (Fsp3) is 0.308. The Labute approximate surface area is 113 Å². The molecule has 6 heteroatoms. The van der Waals surface area contributed by atoms with E-state index in [-0.39, 0.29) is 10.9 Å². The van der Waals surface area contributed by atoms with E-state index in [1.165, 1.54) is 13.2 Å². The maximum absolute atomic E-state index is 12.3. The minimum Gasteiger partial charge on any atom is -0.388 e. The number of carbonyl (C=O) groups is 1. The molecular formula is C13H16N2O3S. The zero-order valence-electron chi connectivity index (χ0n) is 11.0. The van der Waals surface area contributed by atoms with E-state index in [9.17, 15) is 13.2 Å². The summed E-state index contributed by atoms with van der Waals surface area (Å²) < 4.78 is 25.7. The van der Waals surface area contributed by atoms with E-state index in [0.29, 0.717) is 11.3 Å². The van der Waals surface area contributed by atoms with E-state index in [4.69, 9.17) is 0 Å². The molecule has 0 spiro atoms. The molecule has 0 atom stereocenters.